The molecule has 1 atom stereocenters. The largest absolute Gasteiger partial charge is 0.416 e. The highest BCUT2D eigenvalue weighted by Crippen LogP contribution is 2.33. The summed E-state index contributed by atoms with van der Waals surface area (Å²) < 4.78 is 41.5. The molecule has 0 bridgehead atoms. The second-order valence-electron chi connectivity index (χ2n) is 7.82. The number of halogens is 3. The fraction of sp³-hybridized carbons (Fsp3) is 0.500. The predicted octanol–water partition coefficient (Wildman–Crippen LogP) is 5.09. The monoisotopic (exact) mass is 392 g/mol. The number of Topliss-reactive ketones (excluding diaryl/α,β-unsaturated/α-hetero) is 1. The van der Waals surface area contributed by atoms with Gasteiger partial charge in [0.15, 0.2) is 5.78 Å². The molecule has 1 fully saturated rings. The summed E-state index contributed by atoms with van der Waals surface area (Å²) in [6.07, 6.45) is 0.873. The molecule has 1 aromatic heterocycles. The number of alkyl halides is 3. The molecule has 0 amide bonds. The Kier molecular flexibility index (Phi) is 6.28. The van der Waals surface area contributed by atoms with Gasteiger partial charge in [0.1, 0.15) is 0 Å². The van der Waals surface area contributed by atoms with Gasteiger partial charge in [-0.25, -0.2) is 0 Å². The van der Waals surface area contributed by atoms with Gasteiger partial charge in [-0.2, -0.15) is 13.2 Å². The van der Waals surface area contributed by atoms with Gasteiger partial charge < -0.3 is 4.57 Å². The molecule has 0 saturated carbocycles. The molecule has 1 aromatic carbocycles. The standard InChI is InChI=1S/C22H27F3N2O/c1-16(28)19-12-20(26(2)14-19)15-27-11-5-6-17(13-27)9-10-18-7-3-4-8-21(18)22(23,24)25/h3-4,7-8,12,14,17H,5-6,9-11,13,15H2,1-2H3. The van der Waals surface area contributed by atoms with E-state index in [0.717, 1.165) is 50.2 Å². The fourth-order valence-electron chi connectivity index (χ4n) is 4.09. The third kappa shape index (κ3) is 5.04. The SMILES string of the molecule is CC(=O)c1cc(CN2CCCC(CCc3ccccc3C(F)(F)F)C2)n(C)c1. The molecule has 0 spiro atoms. The first-order chi connectivity index (χ1) is 13.2. The number of aryl methyl sites for hydroxylation is 2. The van der Waals surface area contributed by atoms with E-state index in [2.05, 4.69) is 4.90 Å². The van der Waals surface area contributed by atoms with Crippen molar-refractivity contribution in [2.45, 2.75) is 45.3 Å². The molecule has 6 heteroatoms. The smallest absolute Gasteiger partial charge is 0.353 e. The van der Waals surface area contributed by atoms with Gasteiger partial charge >= 0.3 is 6.18 Å². The van der Waals surface area contributed by atoms with Crippen LogP contribution < -0.4 is 0 Å². The van der Waals surface area contributed by atoms with Crippen LogP contribution in [0.4, 0.5) is 13.2 Å². The first kappa shape index (κ1) is 20.6. The lowest BCUT2D eigenvalue weighted by molar-refractivity contribution is -0.138. The topological polar surface area (TPSA) is 25.2 Å². The molecular formula is C22H27F3N2O. The summed E-state index contributed by atoms with van der Waals surface area (Å²) in [6.45, 7) is 4.19. The third-order valence-corrected chi connectivity index (χ3v) is 5.65. The van der Waals surface area contributed by atoms with Gasteiger partial charge in [0.25, 0.3) is 0 Å². The van der Waals surface area contributed by atoms with Crippen molar-refractivity contribution in [3.8, 4) is 0 Å². The van der Waals surface area contributed by atoms with E-state index in [1.165, 1.54) is 12.1 Å². The number of rotatable bonds is 6. The van der Waals surface area contributed by atoms with Gasteiger partial charge in [0.05, 0.1) is 5.56 Å². The van der Waals surface area contributed by atoms with Crippen molar-refractivity contribution in [2.24, 2.45) is 13.0 Å². The number of carbonyl (C=O) groups is 1. The van der Waals surface area contributed by atoms with Crippen LogP contribution in [-0.4, -0.2) is 28.3 Å². The van der Waals surface area contributed by atoms with Crippen molar-refractivity contribution in [3.63, 3.8) is 0 Å². The zero-order valence-electron chi connectivity index (χ0n) is 16.4. The predicted molar refractivity (Wildman–Crippen MR) is 103 cm³/mol. The third-order valence-electron chi connectivity index (χ3n) is 5.65. The van der Waals surface area contributed by atoms with Gasteiger partial charge in [0, 0.05) is 37.6 Å². The van der Waals surface area contributed by atoms with Crippen molar-refractivity contribution in [2.75, 3.05) is 13.1 Å². The van der Waals surface area contributed by atoms with Crippen molar-refractivity contribution in [1.82, 2.24) is 9.47 Å². The number of carbonyl (C=O) groups excluding carboxylic acids is 1. The van der Waals surface area contributed by atoms with Crippen LogP contribution in [0, 0.1) is 5.92 Å². The molecule has 1 aliphatic rings. The molecule has 1 aliphatic heterocycles. The van der Waals surface area contributed by atoms with E-state index in [1.54, 1.807) is 19.1 Å². The number of piperidine rings is 1. The van der Waals surface area contributed by atoms with Crippen molar-refractivity contribution < 1.29 is 18.0 Å². The van der Waals surface area contributed by atoms with E-state index >= 15 is 0 Å². The number of nitrogens with zero attached hydrogens (tertiary/aromatic N) is 2. The summed E-state index contributed by atoms with van der Waals surface area (Å²) in [5, 5.41) is 0. The molecule has 152 valence electrons. The van der Waals surface area contributed by atoms with Gasteiger partial charge in [-0.3, -0.25) is 9.69 Å². The van der Waals surface area contributed by atoms with Crippen LogP contribution in [0.5, 0.6) is 0 Å². The second kappa shape index (κ2) is 8.52. The highest BCUT2D eigenvalue weighted by molar-refractivity contribution is 5.94. The first-order valence-corrected chi connectivity index (χ1v) is 9.77. The van der Waals surface area contributed by atoms with Gasteiger partial charge in [-0.15, -0.1) is 0 Å². The van der Waals surface area contributed by atoms with E-state index < -0.39 is 11.7 Å². The minimum atomic E-state index is -4.30. The summed E-state index contributed by atoms with van der Waals surface area (Å²) in [7, 11) is 1.94. The molecule has 3 nitrogen and oxygen atoms in total. The number of likely N-dealkylation sites (tertiary alicyclic amines) is 1. The molecule has 28 heavy (non-hydrogen) atoms. The minimum Gasteiger partial charge on any atom is -0.353 e. The lowest BCUT2D eigenvalue weighted by Crippen LogP contribution is -2.35. The molecule has 3 rings (SSSR count). The lowest BCUT2D eigenvalue weighted by atomic mass is 9.90. The average Bonchev–Trinajstić information content (AvgIpc) is 3.01. The van der Waals surface area contributed by atoms with E-state index in [0.29, 0.717) is 17.9 Å². The average molecular weight is 392 g/mol. The summed E-state index contributed by atoms with van der Waals surface area (Å²) in [5.74, 6) is 0.448. The number of hydrogen-bond acceptors (Lipinski definition) is 2. The number of benzene rings is 1. The maximum absolute atomic E-state index is 13.2. The van der Waals surface area contributed by atoms with Gasteiger partial charge in [-0.1, -0.05) is 18.2 Å². The lowest BCUT2D eigenvalue weighted by Gasteiger charge is -2.33. The maximum Gasteiger partial charge on any atom is 0.416 e. The first-order valence-electron chi connectivity index (χ1n) is 9.77. The highest BCUT2D eigenvalue weighted by atomic mass is 19.4. The van der Waals surface area contributed by atoms with Crippen LogP contribution in [0.3, 0.4) is 0 Å². The van der Waals surface area contributed by atoms with Gasteiger partial charge in [0.2, 0.25) is 0 Å². The Morgan fingerprint density at radius 1 is 1.25 bits per heavy atom. The Morgan fingerprint density at radius 3 is 2.68 bits per heavy atom. The second-order valence-corrected chi connectivity index (χ2v) is 7.82. The number of ketones is 1. The molecule has 1 unspecified atom stereocenters. The van der Waals surface area contributed by atoms with Crippen LogP contribution in [0.25, 0.3) is 0 Å². The summed E-state index contributed by atoms with van der Waals surface area (Å²) in [5.41, 5.74) is 1.69. The van der Waals surface area contributed by atoms with Crippen molar-refractivity contribution in [3.05, 3.63) is 58.9 Å². The van der Waals surface area contributed by atoms with E-state index in [4.69, 9.17) is 0 Å². The normalized spacial score (nSPS) is 18.4. The molecular weight excluding hydrogens is 365 g/mol. The quantitative estimate of drug-likeness (QED) is 0.640. The molecule has 1 saturated heterocycles. The minimum absolute atomic E-state index is 0.0571. The molecule has 0 aliphatic carbocycles. The number of hydrogen-bond donors (Lipinski definition) is 0. The Balaban J connectivity index is 1.60. The fourth-order valence-corrected chi connectivity index (χ4v) is 4.09. The van der Waals surface area contributed by atoms with Crippen LogP contribution in [0.1, 0.15) is 53.4 Å². The van der Waals surface area contributed by atoms with Crippen molar-refractivity contribution >= 4 is 5.78 Å². The number of aromatic nitrogens is 1. The summed E-state index contributed by atoms with van der Waals surface area (Å²) >= 11 is 0. The highest BCUT2D eigenvalue weighted by Gasteiger charge is 2.33. The van der Waals surface area contributed by atoms with Crippen LogP contribution in [0.15, 0.2) is 36.5 Å². The molecule has 0 radical (unpaired) electrons. The van der Waals surface area contributed by atoms with Crippen LogP contribution in [0.2, 0.25) is 0 Å². The Morgan fingerprint density at radius 2 is 2.00 bits per heavy atom. The summed E-state index contributed by atoms with van der Waals surface area (Å²) in [6, 6.07) is 7.83. The Labute approximate surface area is 164 Å². The Hall–Kier alpha value is -2.08. The van der Waals surface area contributed by atoms with Crippen LogP contribution in [-0.2, 0) is 26.2 Å². The van der Waals surface area contributed by atoms with Crippen LogP contribution >= 0.6 is 0 Å². The maximum atomic E-state index is 13.2. The van der Waals surface area contributed by atoms with E-state index in [-0.39, 0.29) is 5.78 Å². The zero-order valence-corrected chi connectivity index (χ0v) is 16.4. The van der Waals surface area contributed by atoms with Crippen molar-refractivity contribution in [1.29, 1.82) is 0 Å². The van der Waals surface area contributed by atoms with Gasteiger partial charge in [-0.05, 0) is 62.8 Å². The molecule has 0 N–H and O–H groups in total. The Bertz CT molecular complexity index is 825. The summed E-state index contributed by atoms with van der Waals surface area (Å²) in [4.78, 5) is 13.9. The molecule has 2 aromatic rings. The zero-order chi connectivity index (χ0) is 20.3. The van der Waals surface area contributed by atoms with E-state index in [9.17, 15) is 18.0 Å². The molecule has 2 heterocycles. The van der Waals surface area contributed by atoms with E-state index in [1.807, 2.05) is 23.9 Å².